The molecule has 0 bridgehead atoms. The van der Waals surface area contributed by atoms with Crippen molar-refractivity contribution in [1.29, 1.82) is 0 Å². The van der Waals surface area contributed by atoms with Gasteiger partial charge in [-0.2, -0.15) is 0 Å². The number of nitrogens with two attached hydrogens (primary N) is 1. The number of carbonyl (C=O) groups is 2. The number of hydrogen-bond donors (Lipinski definition) is 3. The van der Waals surface area contributed by atoms with Gasteiger partial charge in [0.25, 0.3) is 0 Å². The van der Waals surface area contributed by atoms with Crippen molar-refractivity contribution in [2.45, 2.75) is 37.8 Å². The summed E-state index contributed by atoms with van der Waals surface area (Å²) in [6, 6.07) is -0.629. The van der Waals surface area contributed by atoms with Gasteiger partial charge in [0, 0.05) is 25.7 Å². The van der Waals surface area contributed by atoms with Crippen LogP contribution in [-0.2, 0) is 14.3 Å². The highest BCUT2D eigenvalue weighted by Crippen LogP contribution is 2.06. The first-order valence-electron chi connectivity index (χ1n) is 5.45. The van der Waals surface area contributed by atoms with Crippen molar-refractivity contribution in [3.8, 4) is 0 Å². The van der Waals surface area contributed by atoms with Crippen LogP contribution in [0.5, 0.6) is 0 Å². The van der Waals surface area contributed by atoms with Gasteiger partial charge in [-0.3, -0.25) is 9.59 Å². The molecule has 1 fully saturated rings. The second-order valence-corrected chi connectivity index (χ2v) is 3.93. The van der Waals surface area contributed by atoms with Crippen LogP contribution in [0.3, 0.4) is 0 Å². The molecule has 1 aliphatic heterocycles. The summed E-state index contributed by atoms with van der Waals surface area (Å²) >= 11 is 0. The zero-order valence-electron chi connectivity index (χ0n) is 9.15. The summed E-state index contributed by atoms with van der Waals surface area (Å²) in [6.45, 7) is 1.30. The second kappa shape index (κ2) is 6.44. The fraction of sp³-hybridized carbons (Fsp3) is 0.800. The SMILES string of the molecule is NC(CCC(=O)O)C(=O)NC1CCOCC1. The van der Waals surface area contributed by atoms with Gasteiger partial charge in [-0.05, 0) is 19.3 Å². The Hall–Kier alpha value is -1.14. The molecule has 4 N–H and O–H groups in total. The van der Waals surface area contributed by atoms with Crippen LogP contribution in [0.25, 0.3) is 0 Å². The molecule has 1 unspecified atom stereocenters. The number of carboxylic acid groups (broad SMARTS) is 1. The first-order chi connectivity index (χ1) is 7.59. The van der Waals surface area contributed by atoms with Crippen LogP contribution < -0.4 is 11.1 Å². The van der Waals surface area contributed by atoms with E-state index in [1.807, 2.05) is 0 Å². The third kappa shape index (κ3) is 4.59. The maximum atomic E-state index is 11.6. The highest BCUT2D eigenvalue weighted by Gasteiger charge is 2.20. The van der Waals surface area contributed by atoms with E-state index >= 15 is 0 Å². The largest absolute Gasteiger partial charge is 0.481 e. The zero-order chi connectivity index (χ0) is 12.0. The maximum absolute atomic E-state index is 11.6. The summed E-state index contributed by atoms with van der Waals surface area (Å²) in [7, 11) is 0. The molecule has 0 aromatic heterocycles. The molecule has 1 rings (SSSR count). The lowest BCUT2D eigenvalue weighted by molar-refractivity contribution is -0.137. The fourth-order valence-electron chi connectivity index (χ4n) is 1.56. The maximum Gasteiger partial charge on any atom is 0.303 e. The number of carboxylic acids is 1. The number of amides is 1. The predicted molar refractivity (Wildman–Crippen MR) is 56.8 cm³/mol. The van der Waals surface area contributed by atoms with Gasteiger partial charge in [-0.15, -0.1) is 0 Å². The average Bonchev–Trinajstić information content (AvgIpc) is 2.27. The van der Waals surface area contributed by atoms with Gasteiger partial charge < -0.3 is 20.9 Å². The van der Waals surface area contributed by atoms with Crippen molar-refractivity contribution < 1.29 is 19.4 Å². The van der Waals surface area contributed by atoms with Crippen LogP contribution in [-0.4, -0.2) is 42.3 Å². The summed E-state index contributed by atoms with van der Waals surface area (Å²) in [6.07, 6.45) is 1.67. The third-order valence-electron chi connectivity index (χ3n) is 2.57. The minimum absolute atomic E-state index is 0.0810. The minimum atomic E-state index is -0.936. The average molecular weight is 230 g/mol. The van der Waals surface area contributed by atoms with E-state index in [-0.39, 0.29) is 24.8 Å². The van der Waals surface area contributed by atoms with Gasteiger partial charge >= 0.3 is 5.97 Å². The quantitative estimate of drug-likeness (QED) is 0.589. The molecule has 16 heavy (non-hydrogen) atoms. The Balaban J connectivity index is 2.24. The van der Waals surface area contributed by atoms with Crippen LogP contribution in [0.4, 0.5) is 0 Å². The summed E-state index contributed by atoms with van der Waals surface area (Å²) in [5.41, 5.74) is 5.58. The second-order valence-electron chi connectivity index (χ2n) is 3.93. The summed E-state index contributed by atoms with van der Waals surface area (Å²) in [4.78, 5) is 21.9. The lowest BCUT2D eigenvalue weighted by atomic mass is 10.1. The molecular formula is C10H18N2O4. The molecule has 0 aromatic carbocycles. The molecule has 6 heteroatoms. The topological polar surface area (TPSA) is 102 Å². The Morgan fingerprint density at radius 2 is 2.06 bits per heavy atom. The van der Waals surface area contributed by atoms with E-state index < -0.39 is 12.0 Å². The first kappa shape index (κ1) is 12.9. The number of nitrogens with one attached hydrogen (secondary N) is 1. The molecule has 1 aliphatic rings. The standard InChI is InChI=1S/C10H18N2O4/c11-8(1-2-9(13)14)10(15)12-7-3-5-16-6-4-7/h7-8H,1-6,11H2,(H,12,15)(H,13,14). The summed E-state index contributed by atoms with van der Waals surface area (Å²) < 4.78 is 5.16. The Kier molecular flexibility index (Phi) is 5.21. The van der Waals surface area contributed by atoms with Crippen molar-refractivity contribution >= 4 is 11.9 Å². The van der Waals surface area contributed by atoms with Crippen molar-refractivity contribution in [2.75, 3.05) is 13.2 Å². The van der Waals surface area contributed by atoms with Crippen LogP contribution in [0.1, 0.15) is 25.7 Å². The Labute approximate surface area is 94.1 Å². The highest BCUT2D eigenvalue weighted by molar-refractivity contribution is 5.82. The number of ether oxygens (including phenoxy) is 1. The fourth-order valence-corrected chi connectivity index (χ4v) is 1.56. The van der Waals surface area contributed by atoms with Crippen molar-refractivity contribution in [1.82, 2.24) is 5.32 Å². The first-order valence-corrected chi connectivity index (χ1v) is 5.45. The van der Waals surface area contributed by atoms with Gasteiger partial charge in [0.2, 0.25) is 5.91 Å². The van der Waals surface area contributed by atoms with E-state index in [2.05, 4.69) is 5.32 Å². The van der Waals surface area contributed by atoms with Crippen molar-refractivity contribution in [3.63, 3.8) is 0 Å². The zero-order valence-corrected chi connectivity index (χ0v) is 9.15. The Morgan fingerprint density at radius 1 is 1.44 bits per heavy atom. The monoisotopic (exact) mass is 230 g/mol. The van der Waals surface area contributed by atoms with Crippen LogP contribution in [0.15, 0.2) is 0 Å². The van der Waals surface area contributed by atoms with E-state index in [0.717, 1.165) is 12.8 Å². The molecule has 0 aromatic rings. The van der Waals surface area contributed by atoms with E-state index in [9.17, 15) is 9.59 Å². The van der Waals surface area contributed by atoms with Crippen molar-refractivity contribution in [3.05, 3.63) is 0 Å². The molecule has 6 nitrogen and oxygen atoms in total. The van der Waals surface area contributed by atoms with E-state index in [1.54, 1.807) is 0 Å². The van der Waals surface area contributed by atoms with E-state index in [4.69, 9.17) is 15.6 Å². The van der Waals surface area contributed by atoms with Crippen LogP contribution in [0, 0.1) is 0 Å². The molecule has 1 saturated heterocycles. The van der Waals surface area contributed by atoms with E-state index in [1.165, 1.54) is 0 Å². The molecule has 0 radical (unpaired) electrons. The van der Waals surface area contributed by atoms with Crippen molar-refractivity contribution in [2.24, 2.45) is 5.73 Å². The number of hydrogen-bond acceptors (Lipinski definition) is 4. The van der Waals surface area contributed by atoms with Gasteiger partial charge in [0.15, 0.2) is 0 Å². The molecular weight excluding hydrogens is 212 g/mol. The van der Waals surface area contributed by atoms with Gasteiger partial charge in [-0.25, -0.2) is 0 Å². The molecule has 92 valence electrons. The molecule has 0 saturated carbocycles. The number of rotatable bonds is 5. The lowest BCUT2D eigenvalue weighted by Crippen LogP contribution is -2.47. The predicted octanol–water partition coefficient (Wildman–Crippen LogP) is -0.526. The highest BCUT2D eigenvalue weighted by atomic mass is 16.5. The Bertz CT molecular complexity index is 251. The smallest absolute Gasteiger partial charge is 0.303 e. The van der Waals surface area contributed by atoms with Gasteiger partial charge in [0.1, 0.15) is 0 Å². The third-order valence-corrected chi connectivity index (χ3v) is 2.57. The molecule has 0 aliphatic carbocycles. The molecule has 1 heterocycles. The molecule has 1 amide bonds. The number of aliphatic carboxylic acids is 1. The van der Waals surface area contributed by atoms with Gasteiger partial charge in [-0.1, -0.05) is 0 Å². The van der Waals surface area contributed by atoms with Gasteiger partial charge in [0.05, 0.1) is 6.04 Å². The van der Waals surface area contributed by atoms with E-state index in [0.29, 0.717) is 13.2 Å². The normalized spacial score (nSPS) is 19.1. The molecule has 1 atom stereocenters. The minimum Gasteiger partial charge on any atom is -0.481 e. The summed E-state index contributed by atoms with van der Waals surface area (Å²) in [5.74, 6) is -1.21. The summed E-state index contributed by atoms with van der Waals surface area (Å²) in [5, 5.41) is 11.3. The number of carbonyl (C=O) groups excluding carboxylic acids is 1. The Morgan fingerprint density at radius 3 is 2.62 bits per heavy atom. The van der Waals surface area contributed by atoms with Crippen LogP contribution >= 0.6 is 0 Å². The molecule has 0 spiro atoms. The lowest BCUT2D eigenvalue weighted by Gasteiger charge is -2.24. The van der Waals surface area contributed by atoms with Crippen LogP contribution in [0.2, 0.25) is 0 Å².